The first-order chi connectivity index (χ1) is 8.30. The fraction of sp³-hybridized carbons (Fsp3) is 0.692. The van der Waals surface area contributed by atoms with Crippen LogP contribution in [0.2, 0.25) is 0 Å². The van der Waals surface area contributed by atoms with Crippen molar-refractivity contribution in [3.63, 3.8) is 0 Å². The number of hydrogen-bond acceptors (Lipinski definition) is 4. The molecule has 1 rings (SSSR count). The van der Waals surface area contributed by atoms with Gasteiger partial charge in [-0.15, -0.1) is 0 Å². The smallest absolute Gasteiger partial charge is 0.133 e. The molecule has 96 valence electrons. The van der Waals surface area contributed by atoms with Crippen molar-refractivity contribution in [2.75, 3.05) is 24.2 Å². The molecular weight excluding hydrogens is 212 g/mol. The summed E-state index contributed by atoms with van der Waals surface area (Å²) in [4.78, 5) is 8.93. The first-order valence-corrected chi connectivity index (χ1v) is 6.59. The summed E-state index contributed by atoms with van der Waals surface area (Å²) in [5, 5.41) is 6.44. The summed E-state index contributed by atoms with van der Waals surface area (Å²) in [5.41, 5.74) is 0. The second-order valence-corrected chi connectivity index (χ2v) is 4.19. The van der Waals surface area contributed by atoms with Gasteiger partial charge in [-0.25, -0.2) is 9.97 Å². The van der Waals surface area contributed by atoms with Gasteiger partial charge in [0.15, 0.2) is 0 Å². The van der Waals surface area contributed by atoms with E-state index in [1.54, 1.807) is 0 Å². The lowest BCUT2D eigenvalue weighted by atomic mass is 10.2. The Morgan fingerprint density at radius 2 is 1.82 bits per heavy atom. The molecule has 0 aromatic carbocycles. The van der Waals surface area contributed by atoms with Crippen LogP contribution in [-0.4, -0.2) is 23.6 Å². The summed E-state index contributed by atoms with van der Waals surface area (Å²) < 4.78 is 0. The predicted octanol–water partition coefficient (Wildman–Crippen LogP) is 3.07. The molecule has 4 nitrogen and oxygen atoms in total. The summed E-state index contributed by atoms with van der Waals surface area (Å²) in [7, 11) is 1.89. The second-order valence-electron chi connectivity index (χ2n) is 4.19. The van der Waals surface area contributed by atoms with Gasteiger partial charge in [-0.05, 0) is 12.8 Å². The van der Waals surface area contributed by atoms with Crippen molar-refractivity contribution in [3.05, 3.63) is 11.9 Å². The highest BCUT2D eigenvalue weighted by Crippen LogP contribution is 2.12. The Morgan fingerprint density at radius 1 is 1.06 bits per heavy atom. The monoisotopic (exact) mass is 236 g/mol. The van der Waals surface area contributed by atoms with Crippen LogP contribution in [0.25, 0.3) is 0 Å². The van der Waals surface area contributed by atoms with Gasteiger partial charge in [-0.3, -0.25) is 0 Å². The van der Waals surface area contributed by atoms with Crippen molar-refractivity contribution in [1.29, 1.82) is 0 Å². The minimum absolute atomic E-state index is 0.890. The average molecular weight is 236 g/mol. The maximum atomic E-state index is 4.51. The van der Waals surface area contributed by atoms with Gasteiger partial charge in [0.05, 0.1) is 0 Å². The van der Waals surface area contributed by atoms with Crippen LogP contribution >= 0.6 is 0 Å². The quantitative estimate of drug-likeness (QED) is 0.681. The standard InChI is InChI=1S/C13H24N4/c1-4-6-7-9-15-13-10-12(14-3)16-11(17-13)8-5-2/h10H,4-9H2,1-3H3,(H2,14,15,16,17). The molecular formula is C13H24N4. The second kappa shape index (κ2) is 7.87. The number of nitrogens with zero attached hydrogens (tertiary/aromatic N) is 2. The van der Waals surface area contributed by atoms with E-state index in [1.165, 1.54) is 19.3 Å². The third-order valence-corrected chi connectivity index (χ3v) is 2.59. The molecule has 0 atom stereocenters. The highest BCUT2D eigenvalue weighted by Gasteiger charge is 2.02. The zero-order chi connectivity index (χ0) is 12.5. The van der Waals surface area contributed by atoms with E-state index in [-0.39, 0.29) is 0 Å². The van der Waals surface area contributed by atoms with Crippen molar-refractivity contribution >= 4 is 11.6 Å². The van der Waals surface area contributed by atoms with E-state index in [9.17, 15) is 0 Å². The van der Waals surface area contributed by atoms with Crippen LogP contribution < -0.4 is 10.6 Å². The van der Waals surface area contributed by atoms with Crippen LogP contribution in [0.15, 0.2) is 6.07 Å². The lowest BCUT2D eigenvalue weighted by Gasteiger charge is -2.09. The number of rotatable bonds is 8. The van der Waals surface area contributed by atoms with E-state index < -0.39 is 0 Å². The summed E-state index contributed by atoms with van der Waals surface area (Å²) in [6, 6.07) is 1.96. The summed E-state index contributed by atoms with van der Waals surface area (Å²) in [6.07, 6.45) is 5.70. The fourth-order valence-electron chi connectivity index (χ4n) is 1.64. The molecule has 0 aliphatic carbocycles. The summed E-state index contributed by atoms with van der Waals surface area (Å²) in [6.45, 7) is 5.34. The number of unbranched alkanes of at least 4 members (excludes halogenated alkanes) is 2. The molecule has 0 fully saturated rings. The molecule has 1 aromatic rings. The molecule has 4 heteroatoms. The highest BCUT2D eigenvalue weighted by molar-refractivity contribution is 5.47. The maximum absolute atomic E-state index is 4.51. The highest BCUT2D eigenvalue weighted by atomic mass is 15.1. The van der Waals surface area contributed by atoms with Gasteiger partial charge in [-0.1, -0.05) is 26.7 Å². The van der Waals surface area contributed by atoms with Crippen LogP contribution in [0.3, 0.4) is 0 Å². The predicted molar refractivity (Wildman–Crippen MR) is 73.6 cm³/mol. The molecule has 0 bridgehead atoms. The van der Waals surface area contributed by atoms with Gasteiger partial charge in [0, 0.05) is 26.1 Å². The Bertz CT molecular complexity index is 325. The van der Waals surface area contributed by atoms with Gasteiger partial charge in [-0.2, -0.15) is 0 Å². The maximum Gasteiger partial charge on any atom is 0.133 e. The molecule has 2 N–H and O–H groups in total. The molecule has 0 saturated carbocycles. The van der Waals surface area contributed by atoms with E-state index in [1.807, 2.05) is 13.1 Å². The van der Waals surface area contributed by atoms with Gasteiger partial charge >= 0.3 is 0 Å². The Hall–Kier alpha value is -1.32. The van der Waals surface area contributed by atoms with Crippen molar-refractivity contribution in [2.24, 2.45) is 0 Å². The van der Waals surface area contributed by atoms with E-state index in [0.717, 1.165) is 36.8 Å². The first kappa shape index (κ1) is 13.7. The zero-order valence-electron chi connectivity index (χ0n) is 11.2. The van der Waals surface area contributed by atoms with E-state index >= 15 is 0 Å². The minimum Gasteiger partial charge on any atom is -0.373 e. The zero-order valence-corrected chi connectivity index (χ0v) is 11.2. The van der Waals surface area contributed by atoms with E-state index in [4.69, 9.17) is 0 Å². The number of nitrogens with one attached hydrogen (secondary N) is 2. The van der Waals surface area contributed by atoms with Crippen molar-refractivity contribution in [3.8, 4) is 0 Å². The van der Waals surface area contributed by atoms with E-state index in [0.29, 0.717) is 0 Å². The summed E-state index contributed by atoms with van der Waals surface area (Å²) in [5.74, 6) is 2.74. The molecule has 1 heterocycles. The fourth-order valence-corrected chi connectivity index (χ4v) is 1.64. The normalized spacial score (nSPS) is 10.3. The van der Waals surface area contributed by atoms with Gasteiger partial charge in [0.2, 0.25) is 0 Å². The molecule has 0 amide bonds. The van der Waals surface area contributed by atoms with Crippen LogP contribution in [0.5, 0.6) is 0 Å². The molecule has 0 radical (unpaired) electrons. The van der Waals surface area contributed by atoms with Gasteiger partial charge in [0.1, 0.15) is 17.5 Å². The Morgan fingerprint density at radius 3 is 2.47 bits per heavy atom. The van der Waals surface area contributed by atoms with Gasteiger partial charge in [0.25, 0.3) is 0 Å². The minimum atomic E-state index is 0.890. The Kier molecular flexibility index (Phi) is 6.37. The Balaban J connectivity index is 2.59. The molecule has 0 aliphatic rings. The van der Waals surface area contributed by atoms with Crippen LogP contribution in [-0.2, 0) is 6.42 Å². The molecule has 0 spiro atoms. The molecule has 0 aliphatic heterocycles. The van der Waals surface area contributed by atoms with Crippen LogP contribution in [0.4, 0.5) is 11.6 Å². The summed E-state index contributed by atoms with van der Waals surface area (Å²) >= 11 is 0. The lowest BCUT2D eigenvalue weighted by molar-refractivity contribution is 0.740. The third kappa shape index (κ3) is 5.02. The van der Waals surface area contributed by atoms with Crippen LogP contribution in [0.1, 0.15) is 45.4 Å². The van der Waals surface area contributed by atoms with Gasteiger partial charge < -0.3 is 10.6 Å². The lowest BCUT2D eigenvalue weighted by Crippen LogP contribution is -2.07. The van der Waals surface area contributed by atoms with Crippen molar-refractivity contribution in [1.82, 2.24) is 9.97 Å². The van der Waals surface area contributed by atoms with E-state index in [2.05, 4.69) is 34.4 Å². The third-order valence-electron chi connectivity index (χ3n) is 2.59. The van der Waals surface area contributed by atoms with Crippen molar-refractivity contribution < 1.29 is 0 Å². The molecule has 17 heavy (non-hydrogen) atoms. The topological polar surface area (TPSA) is 49.8 Å². The molecule has 0 unspecified atom stereocenters. The number of hydrogen-bond donors (Lipinski definition) is 2. The molecule has 1 aromatic heterocycles. The average Bonchev–Trinajstić information content (AvgIpc) is 2.35. The molecule has 0 saturated heterocycles. The van der Waals surface area contributed by atoms with Crippen molar-refractivity contribution in [2.45, 2.75) is 46.0 Å². The Labute approximate surface area is 104 Å². The SMILES string of the molecule is CCCCCNc1cc(NC)nc(CCC)n1. The number of aromatic nitrogens is 2. The van der Waals surface area contributed by atoms with Crippen LogP contribution in [0, 0.1) is 0 Å². The largest absolute Gasteiger partial charge is 0.373 e. The number of anilines is 2. The number of aryl methyl sites for hydroxylation is 1. The first-order valence-electron chi connectivity index (χ1n) is 6.59.